The van der Waals surface area contributed by atoms with E-state index in [-0.39, 0.29) is 0 Å². The lowest BCUT2D eigenvalue weighted by atomic mass is 10.1. The van der Waals surface area contributed by atoms with Gasteiger partial charge in [-0.2, -0.15) is 0 Å². The zero-order chi connectivity index (χ0) is 18.9. The fraction of sp³-hybridized carbons (Fsp3) is 0.158. The van der Waals surface area contributed by atoms with E-state index in [0.717, 1.165) is 38.1 Å². The number of pyridine rings is 1. The summed E-state index contributed by atoms with van der Waals surface area (Å²) >= 11 is 1.57. The van der Waals surface area contributed by atoms with Crippen molar-refractivity contribution in [3.63, 3.8) is 0 Å². The summed E-state index contributed by atoms with van der Waals surface area (Å²) in [6.45, 7) is 0.796. The number of nitrogens with zero attached hydrogens (tertiary/aromatic N) is 4. The molecule has 5 aromatic rings. The van der Waals surface area contributed by atoms with Gasteiger partial charge in [0.15, 0.2) is 0 Å². The van der Waals surface area contributed by atoms with Crippen molar-refractivity contribution in [1.82, 2.24) is 25.1 Å². The smallest absolute Gasteiger partial charge is 0.266 e. The SMILES string of the molecule is COCc1c(-c2nnco2)ncc2[nH]c3ccc(OCc4nccs4)cc3c12. The van der Waals surface area contributed by atoms with Gasteiger partial charge >= 0.3 is 0 Å². The van der Waals surface area contributed by atoms with Gasteiger partial charge in [-0.25, -0.2) is 9.97 Å². The maximum Gasteiger partial charge on any atom is 0.266 e. The minimum absolute atomic E-state index is 0.360. The Morgan fingerprint density at radius 1 is 1.18 bits per heavy atom. The molecule has 0 aliphatic rings. The Labute approximate surface area is 163 Å². The second-order valence-electron chi connectivity index (χ2n) is 6.10. The Bertz CT molecular complexity index is 1230. The largest absolute Gasteiger partial charge is 0.486 e. The number of nitrogens with one attached hydrogen (secondary N) is 1. The van der Waals surface area contributed by atoms with E-state index < -0.39 is 0 Å². The molecule has 5 rings (SSSR count). The van der Waals surface area contributed by atoms with Gasteiger partial charge in [0, 0.05) is 40.5 Å². The van der Waals surface area contributed by atoms with Crippen LogP contribution >= 0.6 is 11.3 Å². The Balaban J connectivity index is 1.64. The molecule has 1 N–H and O–H groups in total. The minimum Gasteiger partial charge on any atom is -0.486 e. The Morgan fingerprint density at radius 2 is 2.14 bits per heavy atom. The number of aromatic amines is 1. The minimum atomic E-state index is 0.360. The Morgan fingerprint density at radius 3 is 2.93 bits per heavy atom. The number of benzene rings is 1. The first-order valence-electron chi connectivity index (χ1n) is 8.53. The van der Waals surface area contributed by atoms with Crippen molar-refractivity contribution in [1.29, 1.82) is 0 Å². The number of methoxy groups -OCH3 is 1. The Kier molecular flexibility index (Phi) is 4.22. The second kappa shape index (κ2) is 7.02. The van der Waals surface area contributed by atoms with Gasteiger partial charge in [0.25, 0.3) is 5.89 Å². The van der Waals surface area contributed by atoms with Crippen LogP contribution in [0.1, 0.15) is 10.6 Å². The van der Waals surface area contributed by atoms with E-state index in [2.05, 4.69) is 25.1 Å². The summed E-state index contributed by atoms with van der Waals surface area (Å²) in [5.74, 6) is 1.13. The summed E-state index contributed by atoms with van der Waals surface area (Å²) in [6, 6.07) is 5.95. The summed E-state index contributed by atoms with van der Waals surface area (Å²) in [7, 11) is 1.65. The lowest BCUT2D eigenvalue weighted by Crippen LogP contribution is -1.97. The molecule has 0 aliphatic carbocycles. The standard InChI is InChI=1S/C19H15N5O3S/c1-25-8-13-17-12-6-11(26-9-16-20-4-5-28-16)2-3-14(12)23-15(17)7-21-18(13)19-24-22-10-27-19/h2-7,10,23H,8-9H2,1H3. The molecule has 0 radical (unpaired) electrons. The predicted octanol–water partition coefficient (Wildman–Crippen LogP) is 3.95. The van der Waals surface area contributed by atoms with Crippen LogP contribution in [0.15, 0.2) is 46.8 Å². The number of fused-ring (bicyclic) bond motifs is 3. The number of thiazole rings is 1. The van der Waals surface area contributed by atoms with Crippen molar-refractivity contribution < 1.29 is 13.9 Å². The number of H-pyrrole nitrogens is 1. The average Bonchev–Trinajstić information content (AvgIpc) is 3.46. The summed E-state index contributed by atoms with van der Waals surface area (Å²) < 4.78 is 16.7. The van der Waals surface area contributed by atoms with Crippen LogP contribution in [0.3, 0.4) is 0 Å². The lowest BCUT2D eigenvalue weighted by Gasteiger charge is -2.08. The maximum absolute atomic E-state index is 5.93. The summed E-state index contributed by atoms with van der Waals surface area (Å²) in [5.41, 5.74) is 3.38. The molecular weight excluding hydrogens is 378 g/mol. The fourth-order valence-electron chi connectivity index (χ4n) is 3.24. The van der Waals surface area contributed by atoms with E-state index in [1.807, 2.05) is 23.6 Å². The quantitative estimate of drug-likeness (QED) is 0.466. The van der Waals surface area contributed by atoms with E-state index >= 15 is 0 Å². The van der Waals surface area contributed by atoms with Gasteiger partial charge in [-0.3, -0.25) is 0 Å². The van der Waals surface area contributed by atoms with Crippen LogP contribution in [0.4, 0.5) is 0 Å². The number of ether oxygens (including phenoxy) is 2. The van der Waals surface area contributed by atoms with Crippen LogP contribution in [0.25, 0.3) is 33.4 Å². The third-order valence-electron chi connectivity index (χ3n) is 4.41. The van der Waals surface area contributed by atoms with Crippen molar-refractivity contribution in [3.05, 3.63) is 52.9 Å². The maximum atomic E-state index is 5.93. The highest BCUT2D eigenvalue weighted by Gasteiger charge is 2.19. The summed E-state index contributed by atoms with van der Waals surface area (Å²) in [4.78, 5) is 12.2. The first-order valence-corrected chi connectivity index (χ1v) is 9.41. The van der Waals surface area contributed by atoms with Crippen molar-refractivity contribution >= 4 is 33.1 Å². The molecule has 0 atom stereocenters. The zero-order valence-electron chi connectivity index (χ0n) is 14.9. The average molecular weight is 393 g/mol. The van der Waals surface area contributed by atoms with Crippen LogP contribution < -0.4 is 4.74 Å². The molecule has 0 saturated heterocycles. The van der Waals surface area contributed by atoms with Crippen LogP contribution in [0.5, 0.6) is 5.75 Å². The lowest BCUT2D eigenvalue weighted by molar-refractivity contribution is 0.186. The van der Waals surface area contributed by atoms with Crippen LogP contribution in [0.2, 0.25) is 0 Å². The fourth-order valence-corrected chi connectivity index (χ4v) is 3.77. The van der Waals surface area contributed by atoms with E-state index in [0.29, 0.717) is 24.8 Å². The highest BCUT2D eigenvalue weighted by Crippen LogP contribution is 2.35. The van der Waals surface area contributed by atoms with Crippen LogP contribution in [-0.2, 0) is 18.0 Å². The summed E-state index contributed by atoms with van der Waals surface area (Å²) in [5, 5.41) is 12.6. The first-order chi connectivity index (χ1) is 13.8. The zero-order valence-corrected chi connectivity index (χ0v) is 15.7. The molecular formula is C19H15N5O3S. The second-order valence-corrected chi connectivity index (χ2v) is 7.08. The van der Waals surface area contributed by atoms with Gasteiger partial charge < -0.3 is 18.9 Å². The highest BCUT2D eigenvalue weighted by molar-refractivity contribution is 7.09. The van der Waals surface area contributed by atoms with Crippen molar-refractivity contribution in [2.24, 2.45) is 0 Å². The van der Waals surface area contributed by atoms with Crippen molar-refractivity contribution in [2.45, 2.75) is 13.2 Å². The van der Waals surface area contributed by atoms with Gasteiger partial charge in [-0.1, -0.05) is 0 Å². The molecule has 0 aliphatic heterocycles. The number of rotatable bonds is 6. The molecule has 0 bridgehead atoms. The van der Waals surface area contributed by atoms with Gasteiger partial charge in [-0.15, -0.1) is 21.5 Å². The van der Waals surface area contributed by atoms with E-state index in [1.165, 1.54) is 6.39 Å². The van der Waals surface area contributed by atoms with Gasteiger partial charge in [0.05, 0.1) is 18.3 Å². The molecule has 28 heavy (non-hydrogen) atoms. The van der Waals surface area contributed by atoms with Gasteiger partial charge in [-0.05, 0) is 18.2 Å². The van der Waals surface area contributed by atoms with Gasteiger partial charge in [0.2, 0.25) is 6.39 Å². The molecule has 140 valence electrons. The third kappa shape index (κ3) is 2.90. The molecule has 8 nitrogen and oxygen atoms in total. The topological polar surface area (TPSA) is 99.0 Å². The highest BCUT2D eigenvalue weighted by atomic mass is 32.1. The normalized spacial score (nSPS) is 11.5. The van der Waals surface area contributed by atoms with E-state index in [1.54, 1.807) is 30.8 Å². The molecule has 0 spiro atoms. The van der Waals surface area contributed by atoms with E-state index in [9.17, 15) is 0 Å². The third-order valence-corrected chi connectivity index (χ3v) is 5.16. The summed E-state index contributed by atoms with van der Waals surface area (Å²) in [6.07, 6.45) is 4.83. The van der Waals surface area contributed by atoms with Crippen LogP contribution in [0, 0.1) is 0 Å². The first kappa shape index (κ1) is 16.8. The van der Waals surface area contributed by atoms with Crippen molar-refractivity contribution in [2.75, 3.05) is 7.11 Å². The van der Waals surface area contributed by atoms with Gasteiger partial charge in [0.1, 0.15) is 23.1 Å². The molecule has 0 unspecified atom stereocenters. The number of hydrogen-bond acceptors (Lipinski definition) is 8. The van der Waals surface area contributed by atoms with E-state index in [4.69, 9.17) is 13.9 Å². The monoisotopic (exact) mass is 393 g/mol. The molecule has 0 fully saturated rings. The Hall–Kier alpha value is -3.30. The molecule has 1 aromatic carbocycles. The molecule has 4 aromatic heterocycles. The molecule has 0 amide bonds. The number of aromatic nitrogens is 5. The molecule has 0 saturated carbocycles. The van der Waals surface area contributed by atoms with Crippen LogP contribution in [-0.4, -0.2) is 32.3 Å². The predicted molar refractivity (Wildman–Crippen MR) is 104 cm³/mol. The molecule has 9 heteroatoms. The van der Waals surface area contributed by atoms with Crippen molar-refractivity contribution in [3.8, 4) is 17.3 Å². The molecule has 4 heterocycles. The number of hydrogen-bond donors (Lipinski definition) is 1.